The minimum atomic E-state index is 0.574. The Morgan fingerprint density at radius 1 is 0.413 bits per heavy atom. The van der Waals surface area contributed by atoms with Crippen molar-refractivity contribution in [3.8, 4) is 32.6 Å². The summed E-state index contributed by atoms with van der Waals surface area (Å²) >= 11 is 3.41. The van der Waals surface area contributed by atoms with Gasteiger partial charge in [-0.1, -0.05) is 109 Å². The second kappa shape index (κ2) is 14.2. The molecule has 0 radical (unpaired) electrons. The third kappa shape index (κ3) is 7.32. The molecule has 0 aliphatic carbocycles. The molecule has 0 amide bonds. The SMILES string of the molecule is c1ccc(COc2cccc(-c3nc4ccccc4s3)c2)cc1.c1ccc(COc2cccc(-c3nc4ccccc4s3)c2)cc1. The monoisotopic (exact) mass is 634 g/mol. The van der Waals surface area contributed by atoms with Crippen LogP contribution in [0.1, 0.15) is 11.1 Å². The van der Waals surface area contributed by atoms with E-state index >= 15 is 0 Å². The van der Waals surface area contributed by atoms with E-state index in [9.17, 15) is 0 Å². The highest BCUT2D eigenvalue weighted by atomic mass is 32.1. The molecule has 0 N–H and O–H groups in total. The highest BCUT2D eigenvalue weighted by Gasteiger charge is 2.08. The molecule has 0 saturated heterocycles. The lowest BCUT2D eigenvalue weighted by molar-refractivity contribution is 0.306. The summed E-state index contributed by atoms with van der Waals surface area (Å²) in [6, 6.07) is 53.1. The van der Waals surface area contributed by atoms with E-state index in [0.717, 1.165) is 54.8 Å². The van der Waals surface area contributed by atoms with Gasteiger partial charge >= 0.3 is 0 Å². The number of para-hydroxylation sites is 2. The van der Waals surface area contributed by atoms with Gasteiger partial charge in [0.2, 0.25) is 0 Å². The summed E-state index contributed by atoms with van der Waals surface area (Å²) in [7, 11) is 0. The third-order valence-corrected chi connectivity index (χ3v) is 9.42. The molecule has 0 aliphatic rings. The highest BCUT2D eigenvalue weighted by Crippen LogP contribution is 2.33. The van der Waals surface area contributed by atoms with Crippen molar-refractivity contribution in [2.75, 3.05) is 0 Å². The Balaban J connectivity index is 0.000000147. The van der Waals surface area contributed by atoms with E-state index in [1.165, 1.54) is 9.40 Å². The zero-order chi connectivity index (χ0) is 31.0. The summed E-state index contributed by atoms with van der Waals surface area (Å²) < 4.78 is 14.2. The van der Waals surface area contributed by atoms with Crippen molar-refractivity contribution in [1.29, 1.82) is 0 Å². The lowest BCUT2D eigenvalue weighted by Crippen LogP contribution is -1.94. The van der Waals surface area contributed by atoms with Gasteiger partial charge in [0, 0.05) is 11.1 Å². The molecular formula is C40H30N2O2S2. The maximum atomic E-state index is 5.91. The van der Waals surface area contributed by atoms with Crippen LogP contribution < -0.4 is 9.47 Å². The van der Waals surface area contributed by atoms with Crippen molar-refractivity contribution in [2.45, 2.75) is 13.2 Å². The molecule has 0 bridgehead atoms. The Morgan fingerprint density at radius 3 is 1.26 bits per heavy atom. The predicted octanol–water partition coefficient (Wildman–Crippen LogP) is 11.1. The second-order valence-electron chi connectivity index (χ2n) is 10.6. The summed E-state index contributed by atoms with van der Waals surface area (Å²) in [6.07, 6.45) is 0. The van der Waals surface area contributed by atoms with E-state index in [4.69, 9.17) is 19.4 Å². The summed E-state index contributed by atoms with van der Waals surface area (Å²) in [4.78, 5) is 9.41. The Hall–Kier alpha value is -5.30. The zero-order valence-electron chi connectivity index (χ0n) is 25.0. The standard InChI is InChI=1S/2C20H15NOS/c2*1-2-7-15(8-3-1)14-22-17-10-6-9-16(13-17)20-21-18-11-4-5-12-19(18)23-20/h2*1-13H,14H2. The van der Waals surface area contributed by atoms with Gasteiger partial charge in [-0.05, 0) is 59.7 Å². The Kier molecular flexibility index (Phi) is 9.08. The molecule has 4 nitrogen and oxygen atoms in total. The fourth-order valence-electron chi connectivity index (χ4n) is 4.91. The van der Waals surface area contributed by atoms with Gasteiger partial charge in [0.15, 0.2) is 0 Å². The lowest BCUT2D eigenvalue weighted by Gasteiger charge is -2.07. The molecule has 224 valence electrons. The Morgan fingerprint density at radius 2 is 0.826 bits per heavy atom. The largest absolute Gasteiger partial charge is 0.489 e. The van der Waals surface area contributed by atoms with Gasteiger partial charge in [0.05, 0.1) is 20.4 Å². The van der Waals surface area contributed by atoms with Gasteiger partial charge in [-0.15, -0.1) is 22.7 Å². The van der Waals surface area contributed by atoms with Crippen LogP contribution in [-0.4, -0.2) is 9.97 Å². The molecule has 0 spiro atoms. The van der Waals surface area contributed by atoms with Crippen LogP contribution in [0.2, 0.25) is 0 Å². The molecule has 2 heterocycles. The lowest BCUT2D eigenvalue weighted by atomic mass is 10.2. The molecule has 0 atom stereocenters. The minimum Gasteiger partial charge on any atom is -0.489 e. The topological polar surface area (TPSA) is 44.2 Å². The minimum absolute atomic E-state index is 0.574. The van der Waals surface area contributed by atoms with Crippen LogP contribution in [0.4, 0.5) is 0 Å². The quantitative estimate of drug-likeness (QED) is 0.167. The first-order chi connectivity index (χ1) is 22.8. The van der Waals surface area contributed by atoms with E-state index in [1.54, 1.807) is 22.7 Å². The predicted molar refractivity (Wildman–Crippen MR) is 192 cm³/mol. The van der Waals surface area contributed by atoms with Crippen LogP contribution >= 0.6 is 22.7 Å². The van der Waals surface area contributed by atoms with Gasteiger partial charge in [-0.3, -0.25) is 0 Å². The average Bonchev–Trinajstić information content (AvgIpc) is 3.77. The highest BCUT2D eigenvalue weighted by molar-refractivity contribution is 7.22. The molecule has 6 aromatic carbocycles. The first kappa shape index (κ1) is 29.4. The van der Waals surface area contributed by atoms with Crippen molar-refractivity contribution < 1.29 is 9.47 Å². The van der Waals surface area contributed by atoms with Gasteiger partial charge in [-0.2, -0.15) is 0 Å². The molecule has 46 heavy (non-hydrogen) atoms. The smallest absolute Gasteiger partial charge is 0.124 e. The number of aromatic nitrogens is 2. The average molecular weight is 635 g/mol. The number of hydrogen-bond acceptors (Lipinski definition) is 6. The van der Waals surface area contributed by atoms with E-state index in [0.29, 0.717) is 13.2 Å². The summed E-state index contributed by atoms with van der Waals surface area (Å²) in [5.74, 6) is 1.73. The van der Waals surface area contributed by atoms with Crippen molar-refractivity contribution in [3.63, 3.8) is 0 Å². The Bertz CT molecular complexity index is 1950. The normalized spacial score (nSPS) is 10.8. The van der Waals surface area contributed by atoms with Crippen LogP contribution in [0.5, 0.6) is 11.5 Å². The van der Waals surface area contributed by atoms with Crippen molar-refractivity contribution in [1.82, 2.24) is 9.97 Å². The first-order valence-electron chi connectivity index (χ1n) is 15.0. The second-order valence-corrected chi connectivity index (χ2v) is 12.6. The van der Waals surface area contributed by atoms with Crippen LogP contribution in [0.25, 0.3) is 41.6 Å². The molecular weight excluding hydrogens is 605 g/mol. The van der Waals surface area contributed by atoms with E-state index in [2.05, 4.69) is 60.7 Å². The molecule has 0 aliphatic heterocycles. The van der Waals surface area contributed by atoms with E-state index in [-0.39, 0.29) is 0 Å². The summed E-state index contributed by atoms with van der Waals surface area (Å²) in [5, 5.41) is 2.05. The van der Waals surface area contributed by atoms with E-state index in [1.807, 2.05) is 97.1 Å². The summed E-state index contributed by atoms with van der Waals surface area (Å²) in [5.41, 5.74) is 6.61. The number of benzene rings is 6. The third-order valence-electron chi connectivity index (χ3n) is 7.25. The fourth-order valence-corrected chi connectivity index (χ4v) is 6.83. The zero-order valence-corrected chi connectivity index (χ0v) is 26.6. The number of thiazole rings is 2. The van der Waals surface area contributed by atoms with Gasteiger partial charge in [0.25, 0.3) is 0 Å². The van der Waals surface area contributed by atoms with Gasteiger partial charge < -0.3 is 9.47 Å². The number of ether oxygens (including phenoxy) is 2. The molecule has 8 rings (SSSR count). The fraction of sp³-hybridized carbons (Fsp3) is 0.0500. The molecule has 0 saturated carbocycles. The number of nitrogens with zero attached hydrogens (tertiary/aromatic N) is 2. The first-order valence-corrected chi connectivity index (χ1v) is 16.7. The number of hydrogen-bond donors (Lipinski definition) is 0. The maximum absolute atomic E-state index is 5.91. The van der Waals surface area contributed by atoms with Gasteiger partial charge in [0.1, 0.15) is 34.7 Å². The number of rotatable bonds is 8. The summed E-state index contributed by atoms with van der Waals surface area (Å²) in [6.45, 7) is 1.15. The van der Waals surface area contributed by atoms with E-state index < -0.39 is 0 Å². The van der Waals surface area contributed by atoms with Crippen molar-refractivity contribution in [3.05, 3.63) is 169 Å². The van der Waals surface area contributed by atoms with Crippen LogP contribution in [-0.2, 0) is 13.2 Å². The molecule has 0 unspecified atom stereocenters. The maximum Gasteiger partial charge on any atom is 0.124 e. The van der Waals surface area contributed by atoms with Crippen molar-refractivity contribution in [2.24, 2.45) is 0 Å². The Labute approximate surface area is 276 Å². The van der Waals surface area contributed by atoms with Crippen LogP contribution in [0, 0.1) is 0 Å². The molecule has 6 heteroatoms. The van der Waals surface area contributed by atoms with Crippen LogP contribution in [0.3, 0.4) is 0 Å². The molecule has 2 aromatic heterocycles. The van der Waals surface area contributed by atoms with Crippen LogP contribution in [0.15, 0.2) is 158 Å². The number of fused-ring (bicyclic) bond motifs is 2. The molecule has 0 fully saturated rings. The molecule has 8 aromatic rings. The van der Waals surface area contributed by atoms with Gasteiger partial charge in [-0.25, -0.2) is 9.97 Å². The van der Waals surface area contributed by atoms with Crippen molar-refractivity contribution >= 4 is 43.1 Å².